The van der Waals surface area contributed by atoms with Crippen LogP contribution < -0.4 is 0 Å². The molecule has 4 heteroatoms. The van der Waals surface area contributed by atoms with Crippen LogP contribution in [0.2, 0.25) is 0 Å². The van der Waals surface area contributed by atoms with Crippen LogP contribution in [0, 0.1) is 0 Å². The van der Waals surface area contributed by atoms with Crippen molar-refractivity contribution in [3.8, 4) is 0 Å². The fourth-order valence-electron chi connectivity index (χ4n) is 4.50. The summed E-state index contributed by atoms with van der Waals surface area (Å²) in [5.41, 5.74) is 0. The van der Waals surface area contributed by atoms with E-state index in [0.717, 1.165) is 37.0 Å². The van der Waals surface area contributed by atoms with Gasteiger partial charge in [-0.05, 0) is 27.2 Å². The zero-order chi connectivity index (χ0) is 20.4. The van der Waals surface area contributed by atoms with Crippen LogP contribution in [-0.2, 0) is 4.79 Å². The van der Waals surface area contributed by atoms with Crippen molar-refractivity contribution < 1.29 is 19.9 Å². The number of aliphatic carboxylic acids is 1. The second-order valence-corrected chi connectivity index (χ2v) is 8.41. The summed E-state index contributed by atoms with van der Waals surface area (Å²) in [6.45, 7) is 11.4. The van der Waals surface area contributed by atoms with Gasteiger partial charge in [0.2, 0.25) is 0 Å². The maximum atomic E-state index is 11.8. The quantitative estimate of drug-likeness (QED) is 0.176. The highest BCUT2D eigenvalue weighted by atomic mass is 16.4. The normalized spacial score (nSPS) is 12.6. The van der Waals surface area contributed by atoms with Crippen molar-refractivity contribution in [3.05, 3.63) is 0 Å². The summed E-state index contributed by atoms with van der Waals surface area (Å²) < 4.78 is 0.730. The fourth-order valence-corrected chi connectivity index (χ4v) is 4.50. The number of hydrogen-bond acceptors (Lipinski definition) is 2. The largest absolute Gasteiger partial charge is 0.870 e. The lowest BCUT2D eigenvalue weighted by Gasteiger charge is -2.40. The topological polar surface area (TPSA) is 67.3 Å². The Balaban J connectivity index is 0. The summed E-state index contributed by atoms with van der Waals surface area (Å²) in [6.07, 6.45) is 19.7. The number of unbranched alkanes of at least 4 members (excludes halogenated alkanes) is 13. The Hall–Kier alpha value is -0.610. The minimum absolute atomic E-state index is 0. The number of likely N-dealkylation sites (N-methyl/N-ethyl adjacent to an activating group) is 1. The van der Waals surface area contributed by atoms with Crippen molar-refractivity contribution in [3.63, 3.8) is 0 Å². The fraction of sp³-hybridized carbons (Fsp3) is 0.958. The lowest BCUT2D eigenvalue weighted by molar-refractivity contribution is -0.939. The van der Waals surface area contributed by atoms with E-state index in [4.69, 9.17) is 0 Å². The van der Waals surface area contributed by atoms with Gasteiger partial charge in [0.15, 0.2) is 6.04 Å². The molecule has 1 atom stereocenters. The predicted octanol–water partition coefficient (Wildman–Crippen LogP) is 7.01. The zero-order valence-electron chi connectivity index (χ0n) is 19.6. The second-order valence-electron chi connectivity index (χ2n) is 8.41. The standard InChI is InChI=1S/C24H49NO2.H2O/c1-5-9-10-11-12-13-14-15-16-17-18-19-20-21-22-23(24(26)27)25(6-2,7-3)8-4;/h23H,5-22H2,1-4H3;1H2. The van der Waals surface area contributed by atoms with Crippen molar-refractivity contribution in [1.29, 1.82) is 0 Å². The van der Waals surface area contributed by atoms with E-state index in [1.54, 1.807) is 0 Å². The minimum Gasteiger partial charge on any atom is -0.870 e. The van der Waals surface area contributed by atoms with Crippen molar-refractivity contribution in [2.75, 3.05) is 19.6 Å². The van der Waals surface area contributed by atoms with E-state index in [-0.39, 0.29) is 11.5 Å². The number of carboxylic acid groups (broad SMARTS) is 1. The van der Waals surface area contributed by atoms with Gasteiger partial charge in [0.1, 0.15) is 0 Å². The van der Waals surface area contributed by atoms with E-state index in [1.165, 1.54) is 83.5 Å². The molecule has 2 N–H and O–H groups in total. The molecular formula is C24H51NO3. The molecule has 0 saturated heterocycles. The van der Waals surface area contributed by atoms with Crippen LogP contribution in [0.1, 0.15) is 124 Å². The molecule has 0 amide bonds. The molecule has 0 aromatic carbocycles. The minimum atomic E-state index is -0.602. The second kappa shape index (κ2) is 19.7. The van der Waals surface area contributed by atoms with Crippen LogP contribution >= 0.6 is 0 Å². The molecule has 0 aliphatic heterocycles. The maximum absolute atomic E-state index is 11.8. The Morgan fingerprint density at radius 2 is 0.964 bits per heavy atom. The van der Waals surface area contributed by atoms with Gasteiger partial charge in [0, 0.05) is 6.42 Å². The summed E-state index contributed by atoms with van der Waals surface area (Å²) in [4.78, 5) is 11.8. The number of carboxylic acids is 1. The number of hydrogen-bond donors (Lipinski definition) is 1. The third-order valence-electron chi connectivity index (χ3n) is 6.67. The average molecular weight is 402 g/mol. The van der Waals surface area contributed by atoms with Gasteiger partial charge in [-0.3, -0.25) is 0 Å². The van der Waals surface area contributed by atoms with Crippen molar-refractivity contribution in [2.45, 2.75) is 130 Å². The van der Waals surface area contributed by atoms with Crippen LogP contribution in [-0.4, -0.2) is 46.7 Å². The van der Waals surface area contributed by atoms with Crippen LogP contribution in [0.3, 0.4) is 0 Å². The molecule has 1 unspecified atom stereocenters. The van der Waals surface area contributed by atoms with Gasteiger partial charge in [0.05, 0.1) is 19.6 Å². The van der Waals surface area contributed by atoms with Gasteiger partial charge < -0.3 is 15.1 Å². The molecule has 28 heavy (non-hydrogen) atoms. The molecule has 0 heterocycles. The first-order valence-corrected chi connectivity index (χ1v) is 12.2. The molecule has 0 spiro atoms. The van der Waals surface area contributed by atoms with Gasteiger partial charge >= 0.3 is 5.97 Å². The number of carbonyl (C=O) groups is 1. The monoisotopic (exact) mass is 401 g/mol. The van der Waals surface area contributed by atoms with Gasteiger partial charge in [-0.15, -0.1) is 0 Å². The third kappa shape index (κ3) is 12.8. The van der Waals surface area contributed by atoms with Gasteiger partial charge in [-0.2, -0.15) is 0 Å². The van der Waals surface area contributed by atoms with E-state index in [2.05, 4.69) is 27.7 Å². The number of quaternary nitrogens is 1. The molecule has 0 fully saturated rings. The molecule has 170 valence electrons. The molecule has 0 aliphatic carbocycles. The Kier molecular flexibility index (Phi) is 20.8. The highest BCUT2D eigenvalue weighted by Gasteiger charge is 2.37. The molecular weight excluding hydrogens is 350 g/mol. The smallest absolute Gasteiger partial charge is 0.362 e. The molecule has 0 rings (SSSR count). The van der Waals surface area contributed by atoms with Crippen LogP contribution in [0.4, 0.5) is 0 Å². The van der Waals surface area contributed by atoms with Gasteiger partial charge in [0.25, 0.3) is 0 Å². The van der Waals surface area contributed by atoms with Gasteiger partial charge in [-0.25, -0.2) is 4.79 Å². The molecule has 0 aromatic heterocycles. The molecule has 0 radical (unpaired) electrons. The van der Waals surface area contributed by atoms with Crippen LogP contribution in [0.5, 0.6) is 0 Å². The van der Waals surface area contributed by atoms with Gasteiger partial charge in [-0.1, -0.05) is 90.4 Å². The molecule has 4 nitrogen and oxygen atoms in total. The first kappa shape index (κ1) is 29.6. The van der Waals surface area contributed by atoms with Crippen LogP contribution in [0.15, 0.2) is 0 Å². The first-order valence-electron chi connectivity index (χ1n) is 12.2. The summed E-state index contributed by atoms with van der Waals surface area (Å²) >= 11 is 0. The predicted molar refractivity (Wildman–Crippen MR) is 120 cm³/mol. The summed E-state index contributed by atoms with van der Waals surface area (Å²) in [5, 5.41) is 9.69. The maximum Gasteiger partial charge on any atom is 0.362 e. The summed E-state index contributed by atoms with van der Waals surface area (Å²) in [7, 11) is 0. The number of nitrogens with zero attached hydrogens (tertiary/aromatic N) is 1. The third-order valence-corrected chi connectivity index (χ3v) is 6.67. The summed E-state index contributed by atoms with van der Waals surface area (Å²) in [6, 6.07) is -0.220. The highest BCUT2D eigenvalue weighted by molar-refractivity contribution is 5.72. The molecule has 0 aliphatic rings. The Morgan fingerprint density at radius 3 is 1.25 bits per heavy atom. The SMILES string of the molecule is CCCCCCCCCCCCCCCCC(C(=O)O)[N+](CC)(CC)CC.[OH-]. The van der Waals surface area contributed by atoms with E-state index in [0.29, 0.717) is 0 Å². The first-order chi connectivity index (χ1) is 13.1. The molecule has 0 aromatic rings. The Bertz CT molecular complexity index is 334. The van der Waals surface area contributed by atoms with E-state index < -0.39 is 5.97 Å². The average Bonchev–Trinajstić information content (AvgIpc) is 2.67. The van der Waals surface area contributed by atoms with Crippen LogP contribution in [0.25, 0.3) is 0 Å². The Morgan fingerprint density at radius 1 is 0.643 bits per heavy atom. The van der Waals surface area contributed by atoms with E-state index in [1.807, 2.05) is 0 Å². The summed E-state index contributed by atoms with van der Waals surface area (Å²) in [5.74, 6) is -0.602. The molecule has 0 bridgehead atoms. The number of rotatable bonds is 20. The van der Waals surface area contributed by atoms with Crippen molar-refractivity contribution in [2.24, 2.45) is 0 Å². The zero-order valence-corrected chi connectivity index (χ0v) is 19.6. The lowest BCUT2D eigenvalue weighted by atomic mass is 10.0. The van der Waals surface area contributed by atoms with Crippen molar-refractivity contribution >= 4 is 5.97 Å². The highest BCUT2D eigenvalue weighted by Crippen LogP contribution is 2.20. The molecule has 0 saturated carbocycles. The Labute approximate surface area is 176 Å². The van der Waals surface area contributed by atoms with E-state index >= 15 is 0 Å². The van der Waals surface area contributed by atoms with Crippen molar-refractivity contribution in [1.82, 2.24) is 0 Å². The van der Waals surface area contributed by atoms with E-state index in [9.17, 15) is 9.90 Å². The lowest BCUT2D eigenvalue weighted by Crippen LogP contribution is -2.58.